The van der Waals surface area contributed by atoms with Crippen LogP contribution in [0.15, 0.2) is 18.2 Å². The average molecular weight is 255 g/mol. The second-order valence-corrected chi connectivity index (χ2v) is 5.11. The highest BCUT2D eigenvalue weighted by molar-refractivity contribution is 5.20. The Hall–Kier alpha value is -1.00. The number of hydrogen-bond donors (Lipinski definition) is 1. The number of nitrogens with one attached hydrogen (secondary N) is 1. The molecular formula is C14H19F2NO. The van der Waals surface area contributed by atoms with Crippen LogP contribution in [0, 0.1) is 17.0 Å². The van der Waals surface area contributed by atoms with E-state index in [0.717, 1.165) is 19.0 Å². The zero-order valence-electron chi connectivity index (χ0n) is 10.8. The van der Waals surface area contributed by atoms with Crippen LogP contribution in [0.5, 0.6) is 0 Å². The average Bonchev–Trinajstić information content (AvgIpc) is 2.59. The highest BCUT2D eigenvalue weighted by Crippen LogP contribution is 2.37. The molecule has 2 atom stereocenters. The maximum Gasteiger partial charge on any atom is 0.126 e. The van der Waals surface area contributed by atoms with Gasteiger partial charge in [-0.05, 0) is 44.5 Å². The summed E-state index contributed by atoms with van der Waals surface area (Å²) in [5.74, 6) is -1.03. The Morgan fingerprint density at radius 2 is 2.00 bits per heavy atom. The minimum Gasteiger partial charge on any atom is -0.378 e. The molecule has 1 heterocycles. The van der Waals surface area contributed by atoms with Gasteiger partial charge in [-0.25, -0.2) is 8.78 Å². The Labute approximate surface area is 106 Å². The van der Waals surface area contributed by atoms with Crippen molar-refractivity contribution in [1.29, 1.82) is 0 Å². The fraction of sp³-hybridized carbons (Fsp3) is 0.571. The standard InChI is InChI=1S/C14H19F2NO/c1-10-14(9-17-2,3-4-18-10)8-11-5-12(15)7-13(16)6-11/h5-7,10,17H,3-4,8-9H2,1-2H3. The molecule has 0 spiro atoms. The van der Waals surface area contributed by atoms with E-state index in [0.29, 0.717) is 18.6 Å². The highest BCUT2D eigenvalue weighted by Gasteiger charge is 2.40. The molecule has 1 N–H and O–H groups in total. The molecule has 0 aliphatic carbocycles. The monoisotopic (exact) mass is 255 g/mol. The summed E-state index contributed by atoms with van der Waals surface area (Å²) in [5, 5.41) is 3.16. The van der Waals surface area contributed by atoms with Crippen molar-refractivity contribution in [3.8, 4) is 0 Å². The maximum atomic E-state index is 13.2. The van der Waals surface area contributed by atoms with Gasteiger partial charge >= 0.3 is 0 Å². The zero-order valence-corrected chi connectivity index (χ0v) is 10.8. The van der Waals surface area contributed by atoms with Gasteiger partial charge in [0.05, 0.1) is 6.10 Å². The Balaban J connectivity index is 2.23. The molecule has 0 aromatic heterocycles. The van der Waals surface area contributed by atoms with E-state index in [1.54, 1.807) is 0 Å². The van der Waals surface area contributed by atoms with Crippen molar-refractivity contribution in [1.82, 2.24) is 5.32 Å². The topological polar surface area (TPSA) is 21.3 Å². The van der Waals surface area contributed by atoms with Crippen LogP contribution in [0.4, 0.5) is 8.78 Å². The molecule has 4 heteroatoms. The van der Waals surface area contributed by atoms with Crippen molar-refractivity contribution >= 4 is 0 Å². The van der Waals surface area contributed by atoms with Gasteiger partial charge in [-0.1, -0.05) is 0 Å². The molecule has 18 heavy (non-hydrogen) atoms. The van der Waals surface area contributed by atoms with Gasteiger partial charge in [-0.2, -0.15) is 0 Å². The molecule has 1 aliphatic rings. The van der Waals surface area contributed by atoms with Crippen LogP contribution in [0.25, 0.3) is 0 Å². The summed E-state index contributed by atoms with van der Waals surface area (Å²) >= 11 is 0. The predicted octanol–water partition coefficient (Wildman–Crippen LogP) is 2.52. The zero-order chi connectivity index (χ0) is 13.2. The first-order chi connectivity index (χ1) is 8.55. The van der Waals surface area contributed by atoms with Crippen molar-refractivity contribution in [3.63, 3.8) is 0 Å². The summed E-state index contributed by atoms with van der Waals surface area (Å²) in [4.78, 5) is 0. The molecular weight excluding hydrogens is 236 g/mol. The summed E-state index contributed by atoms with van der Waals surface area (Å²) in [5.41, 5.74) is 0.620. The van der Waals surface area contributed by atoms with Gasteiger partial charge in [-0.15, -0.1) is 0 Å². The first-order valence-corrected chi connectivity index (χ1v) is 6.27. The number of halogens is 2. The van der Waals surface area contributed by atoms with Crippen molar-refractivity contribution in [2.45, 2.75) is 25.9 Å². The van der Waals surface area contributed by atoms with Gasteiger partial charge in [0.15, 0.2) is 0 Å². The molecule has 2 rings (SSSR count). The van der Waals surface area contributed by atoms with Crippen LogP contribution in [-0.2, 0) is 11.2 Å². The van der Waals surface area contributed by atoms with Gasteiger partial charge in [0, 0.05) is 24.6 Å². The van der Waals surface area contributed by atoms with Crippen LogP contribution in [-0.4, -0.2) is 26.3 Å². The van der Waals surface area contributed by atoms with Crippen LogP contribution in [0.2, 0.25) is 0 Å². The Bertz CT molecular complexity index is 404. The minimum absolute atomic E-state index is 0.0744. The molecule has 0 radical (unpaired) electrons. The highest BCUT2D eigenvalue weighted by atomic mass is 19.1. The molecule has 1 aromatic carbocycles. The molecule has 0 amide bonds. The van der Waals surface area contributed by atoms with Gasteiger partial charge < -0.3 is 10.1 Å². The molecule has 2 nitrogen and oxygen atoms in total. The van der Waals surface area contributed by atoms with Gasteiger partial charge in [0.1, 0.15) is 11.6 Å². The number of rotatable bonds is 4. The SMILES string of the molecule is CNCC1(Cc2cc(F)cc(F)c2)CCOC1C. The summed E-state index contributed by atoms with van der Waals surface area (Å²) in [6, 6.07) is 3.72. The molecule has 1 aromatic rings. The fourth-order valence-corrected chi connectivity index (χ4v) is 2.82. The lowest BCUT2D eigenvalue weighted by atomic mass is 9.76. The summed E-state index contributed by atoms with van der Waals surface area (Å²) in [6.07, 6.45) is 1.63. The number of ether oxygens (including phenoxy) is 1. The third-order valence-electron chi connectivity index (χ3n) is 3.84. The third-order valence-corrected chi connectivity index (χ3v) is 3.84. The van der Waals surface area contributed by atoms with E-state index in [4.69, 9.17) is 4.74 Å². The van der Waals surface area contributed by atoms with Gasteiger partial charge in [0.25, 0.3) is 0 Å². The lowest BCUT2D eigenvalue weighted by molar-refractivity contribution is 0.0639. The predicted molar refractivity (Wildman–Crippen MR) is 66.5 cm³/mol. The van der Waals surface area contributed by atoms with E-state index in [1.165, 1.54) is 12.1 Å². The second-order valence-electron chi connectivity index (χ2n) is 5.11. The quantitative estimate of drug-likeness (QED) is 0.892. The molecule has 1 aliphatic heterocycles. The van der Waals surface area contributed by atoms with E-state index in [9.17, 15) is 8.78 Å². The lowest BCUT2D eigenvalue weighted by Crippen LogP contribution is -2.40. The van der Waals surface area contributed by atoms with E-state index in [2.05, 4.69) is 5.32 Å². The molecule has 0 bridgehead atoms. The van der Waals surface area contributed by atoms with Crippen molar-refractivity contribution in [2.75, 3.05) is 20.2 Å². The van der Waals surface area contributed by atoms with E-state index in [-0.39, 0.29) is 11.5 Å². The van der Waals surface area contributed by atoms with Crippen molar-refractivity contribution in [3.05, 3.63) is 35.4 Å². The lowest BCUT2D eigenvalue weighted by Gasteiger charge is -2.32. The smallest absolute Gasteiger partial charge is 0.126 e. The van der Waals surface area contributed by atoms with Gasteiger partial charge in [-0.3, -0.25) is 0 Å². The normalized spacial score (nSPS) is 27.7. The molecule has 1 fully saturated rings. The first kappa shape index (κ1) is 13.4. The van der Waals surface area contributed by atoms with Crippen LogP contribution in [0.3, 0.4) is 0 Å². The summed E-state index contributed by atoms with van der Waals surface area (Å²) in [7, 11) is 1.89. The van der Waals surface area contributed by atoms with E-state index in [1.807, 2.05) is 14.0 Å². The van der Waals surface area contributed by atoms with Crippen LogP contribution >= 0.6 is 0 Å². The van der Waals surface area contributed by atoms with E-state index < -0.39 is 11.6 Å². The minimum atomic E-state index is -0.517. The number of benzene rings is 1. The third kappa shape index (κ3) is 2.70. The summed E-state index contributed by atoms with van der Waals surface area (Å²) < 4.78 is 32.1. The largest absolute Gasteiger partial charge is 0.378 e. The fourth-order valence-electron chi connectivity index (χ4n) is 2.82. The van der Waals surface area contributed by atoms with Gasteiger partial charge in [0.2, 0.25) is 0 Å². The maximum absolute atomic E-state index is 13.2. The number of hydrogen-bond acceptors (Lipinski definition) is 2. The Morgan fingerprint density at radius 1 is 1.33 bits per heavy atom. The van der Waals surface area contributed by atoms with E-state index >= 15 is 0 Å². The van der Waals surface area contributed by atoms with Crippen molar-refractivity contribution < 1.29 is 13.5 Å². The summed E-state index contributed by atoms with van der Waals surface area (Å²) in [6.45, 7) is 3.52. The molecule has 0 saturated carbocycles. The second kappa shape index (κ2) is 5.33. The Morgan fingerprint density at radius 3 is 2.50 bits per heavy atom. The Kier molecular flexibility index (Phi) is 3.97. The van der Waals surface area contributed by atoms with Crippen LogP contribution in [0.1, 0.15) is 18.9 Å². The first-order valence-electron chi connectivity index (χ1n) is 6.27. The molecule has 100 valence electrons. The van der Waals surface area contributed by atoms with Crippen LogP contribution < -0.4 is 5.32 Å². The van der Waals surface area contributed by atoms with Crippen molar-refractivity contribution in [2.24, 2.45) is 5.41 Å². The molecule has 2 unspecified atom stereocenters. The molecule has 1 saturated heterocycles.